The lowest BCUT2D eigenvalue weighted by Crippen LogP contribution is -2.32. The van der Waals surface area contributed by atoms with Gasteiger partial charge >= 0.3 is 0 Å². The summed E-state index contributed by atoms with van der Waals surface area (Å²) < 4.78 is 25.8. The zero-order chi connectivity index (χ0) is 12.3. The minimum atomic E-state index is -3.18. The van der Waals surface area contributed by atoms with Crippen LogP contribution >= 0.6 is 11.3 Å². The molecule has 1 aromatic rings. The van der Waals surface area contributed by atoms with E-state index < -0.39 is 10.0 Å². The standard InChI is InChI=1S/C10H17N3O2S2/c1-8-7-16-10(13-8)6-12-17(14,15)5-4-11-9-2-3-9/h7,9,11-12H,2-6H2,1H3. The Balaban J connectivity index is 1.72. The predicted octanol–water partition coefficient (Wildman–Crippen LogP) is 0.623. The highest BCUT2D eigenvalue weighted by molar-refractivity contribution is 7.89. The summed E-state index contributed by atoms with van der Waals surface area (Å²) >= 11 is 1.48. The van der Waals surface area contributed by atoms with Gasteiger partial charge in [-0.15, -0.1) is 11.3 Å². The molecule has 1 aromatic heterocycles. The molecule has 0 spiro atoms. The topological polar surface area (TPSA) is 71.1 Å². The molecule has 0 bridgehead atoms. The van der Waals surface area contributed by atoms with E-state index in [0.29, 0.717) is 19.1 Å². The van der Waals surface area contributed by atoms with Gasteiger partial charge in [-0.1, -0.05) is 0 Å². The summed E-state index contributed by atoms with van der Waals surface area (Å²) in [5.74, 6) is 0.133. The zero-order valence-corrected chi connectivity index (χ0v) is 11.4. The smallest absolute Gasteiger partial charge is 0.213 e. The van der Waals surface area contributed by atoms with Crippen LogP contribution in [0.1, 0.15) is 23.5 Å². The molecular weight excluding hydrogens is 258 g/mol. The van der Waals surface area contributed by atoms with Crippen LogP contribution in [0.15, 0.2) is 5.38 Å². The van der Waals surface area contributed by atoms with E-state index >= 15 is 0 Å². The van der Waals surface area contributed by atoms with Gasteiger partial charge in [-0.05, 0) is 19.8 Å². The maximum absolute atomic E-state index is 11.6. The molecule has 1 heterocycles. The third-order valence-corrected chi connectivity index (χ3v) is 4.78. The van der Waals surface area contributed by atoms with Crippen LogP contribution in [-0.2, 0) is 16.6 Å². The van der Waals surface area contributed by atoms with Gasteiger partial charge in [0.15, 0.2) is 0 Å². The second-order valence-electron chi connectivity index (χ2n) is 4.25. The van der Waals surface area contributed by atoms with E-state index in [2.05, 4.69) is 15.0 Å². The van der Waals surface area contributed by atoms with Gasteiger partial charge in [0.1, 0.15) is 5.01 Å². The van der Waals surface area contributed by atoms with E-state index in [9.17, 15) is 8.42 Å². The Morgan fingerprint density at radius 3 is 2.88 bits per heavy atom. The lowest BCUT2D eigenvalue weighted by Gasteiger charge is -2.05. The quantitative estimate of drug-likeness (QED) is 0.765. The second-order valence-corrected chi connectivity index (χ2v) is 7.12. The van der Waals surface area contributed by atoms with E-state index in [0.717, 1.165) is 10.7 Å². The van der Waals surface area contributed by atoms with Gasteiger partial charge in [0.2, 0.25) is 10.0 Å². The number of hydrogen-bond donors (Lipinski definition) is 2. The summed E-state index contributed by atoms with van der Waals surface area (Å²) in [5, 5.41) is 5.90. The van der Waals surface area contributed by atoms with Gasteiger partial charge in [-0.3, -0.25) is 0 Å². The third-order valence-electron chi connectivity index (χ3n) is 2.49. The van der Waals surface area contributed by atoms with Crippen LogP contribution in [0.3, 0.4) is 0 Å². The molecular formula is C10H17N3O2S2. The molecule has 0 radical (unpaired) electrons. The fourth-order valence-electron chi connectivity index (χ4n) is 1.41. The molecule has 5 nitrogen and oxygen atoms in total. The van der Waals surface area contributed by atoms with Gasteiger partial charge in [0.25, 0.3) is 0 Å². The van der Waals surface area contributed by atoms with Crippen molar-refractivity contribution in [1.82, 2.24) is 15.0 Å². The van der Waals surface area contributed by atoms with E-state index in [1.54, 1.807) is 0 Å². The number of sulfonamides is 1. The van der Waals surface area contributed by atoms with Gasteiger partial charge < -0.3 is 5.32 Å². The molecule has 0 amide bonds. The highest BCUT2D eigenvalue weighted by atomic mass is 32.2. The number of nitrogens with zero attached hydrogens (tertiary/aromatic N) is 1. The third kappa shape index (κ3) is 4.71. The maximum atomic E-state index is 11.6. The summed E-state index contributed by atoms with van der Waals surface area (Å²) in [7, 11) is -3.18. The van der Waals surface area contributed by atoms with Crippen molar-refractivity contribution in [3.8, 4) is 0 Å². The monoisotopic (exact) mass is 275 g/mol. The lowest BCUT2D eigenvalue weighted by molar-refractivity contribution is 0.576. The van der Waals surface area contributed by atoms with Gasteiger partial charge in [-0.25, -0.2) is 18.1 Å². The molecule has 1 aliphatic rings. The molecule has 0 unspecified atom stereocenters. The first-order chi connectivity index (χ1) is 8.05. The number of rotatable bonds is 7. The average molecular weight is 275 g/mol. The Hall–Kier alpha value is -0.500. The first-order valence-electron chi connectivity index (χ1n) is 5.67. The Morgan fingerprint density at radius 2 is 2.29 bits per heavy atom. The largest absolute Gasteiger partial charge is 0.313 e. The fraction of sp³-hybridized carbons (Fsp3) is 0.700. The Labute approximate surface area is 106 Å². The molecule has 1 saturated carbocycles. The molecule has 1 fully saturated rings. The minimum Gasteiger partial charge on any atom is -0.313 e. The molecule has 2 N–H and O–H groups in total. The van der Waals surface area contributed by atoms with Crippen molar-refractivity contribution in [1.29, 1.82) is 0 Å². The van der Waals surface area contributed by atoms with Gasteiger partial charge in [-0.2, -0.15) is 0 Å². The van der Waals surface area contributed by atoms with Gasteiger partial charge in [0.05, 0.1) is 12.3 Å². The van der Waals surface area contributed by atoms with Crippen LogP contribution in [0.25, 0.3) is 0 Å². The van der Waals surface area contributed by atoms with E-state index in [4.69, 9.17) is 0 Å². The normalized spacial score (nSPS) is 16.3. The summed E-state index contributed by atoms with van der Waals surface area (Å²) in [6.45, 7) is 2.72. The first-order valence-corrected chi connectivity index (χ1v) is 8.20. The van der Waals surface area contributed by atoms with Crippen molar-refractivity contribution >= 4 is 21.4 Å². The zero-order valence-electron chi connectivity index (χ0n) is 9.77. The van der Waals surface area contributed by atoms with E-state index in [-0.39, 0.29) is 5.75 Å². The van der Waals surface area contributed by atoms with Crippen LogP contribution in [0.2, 0.25) is 0 Å². The molecule has 17 heavy (non-hydrogen) atoms. The Morgan fingerprint density at radius 1 is 1.53 bits per heavy atom. The molecule has 0 atom stereocenters. The van der Waals surface area contributed by atoms with Gasteiger partial charge in [0, 0.05) is 23.7 Å². The summed E-state index contributed by atoms with van der Waals surface area (Å²) in [5.41, 5.74) is 0.930. The SMILES string of the molecule is Cc1csc(CNS(=O)(=O)CCNC2CC2)n1. The fourth-order valence-corrected chi connectivity index (χ4v) is 3.10. The van der Waals surface area contributed by atoms with Crippen LogP contribution in [0, 0.1) is 6.92 Å². The van der Waals surface area contributed by atoms with E-state index in [1.807, 2.05) is 12.3 Å². The molecule has 0 aliphatic heterocycles. The number of nitrogens with one attached hydrogen (secondary N) is 2. The number of thiazole rings is 1. The summed E-state index contributed by atoms with van der Waals surface area (Å²) in [4.78, 5) is 4.21. The van der Waals surface area contributed by atoms with Crippen molar-refractivity contribution in [3.05, 3.63) is 16.1 Å². The number of aromatic nitrogens is 1. The molecule has 0 aromatic carbocycles. The molecule has 7 heteroatoms. The van der Waals surface area contributed by atoms with Crippen molar-refractivity contribution in [3.63, 3.8) is 0 Å². The molecule has 0 saturated heterocycles. The Kier molecular flexibility index (Phi) is 4.13. The highest BCUT2D eigenvalue weighted by Gasteiger charge is 2.21. The van der Waals surface area contributed by atoms with Crippen molar-refractivity contribution in [2.75, 3.05) is 12.3 Å². The van der Waals surface area contributed by atoms with Crippen molar-refractivity contribution < 1.29 is 8.42 Å². The van der Waals surface area contributed by atoms with E-state index in [1.165, 1.54) is 24.2 Å². The van der Waals surface area contributed by atoms with Crippen LogP contribution < -0.4 is 10.0 Å². The molecule has 96 valence electrons. The van der Waals surface area contributed by atoms with Crippen LogP contribution in [-0.4, -0.2) is 31.7 Å². The highest BCUT2D eigenvalue weighted by Crippen LogP contribution is 2.18. The number of hydrogen-bond acceptors (Lipinski definition) is 5. The maximum Gasteiger partial charge on any atom is 0.213 e. The number of aryl methyl sites for hydroxylation is 1. The predicted molar refractivity (Wildman–Crippen MR) is 68.5 cm³/mol. The van der Waals surface area contributed by atoms with Crippen molar-refractivity contribution in [2.45, 2.75) is 32.4 Å². The van der Waals surface area contributed by atoms with Crippen LogP contribution in [0.4, 0.5) is 0 Å². The Bertz CT molecular complexity index is 466. The summed E-state index contributed by atoms with van der Waals surface area (Å²) in [6, 6.07) is 0.548. The van der Waals surface area contributed by atoms with Crippen molar-refractivity contribution in [2.24, 2.45) is 0 Å². The van der Waals surface area contributed by atoms with Crippen LogP contribution in [0.5, 0.6) is 0 Å². The molecule has 1 aliphatic carbocycles. The summed E-state index contributed by atoms with van der Waals surface area (Å²) in [6.07, 6.45) is 2.34. The molecule has 2 rings (SSSR count). The minimum absolute atomic E-state index is 0.133. The first kappa shape index (κ1) is 12.9. The second kappa shape index (κ2) is 5.43. The lowest BCUT2D eigenvalue weighted by atomic mass is 10.6. The average Bonchev–Trinajstić information content (AvgIpc) is 2.98.